The Labute approximate surface area is 120 Å². The van der Waals surface area contributed by atoms with Crippen molar-refractivity contribution >= 4 is 12.1 Å². The first-order chi connectivity index (χ1) is 9.33. The molecule has 20 heavy (non-hydrogen) atoms. The lowest BCUT2D eigenvalue weighted by Gasteiger charge is -2.49. The molecule has 114 valence electrons. The molecule has 3 aliphatic rings. The molecule has 0 aromatic carbocycles. The Bertz CT molecular complexity index is 380. The lowest BCUT2D eigenvalue weighted by Crippen LogP contribution is -2.61. The quantitative estimate of drug-likeness (QED) is 0.731. The molecule has 0 spiro atoms. The molecule has 2 aliphatic heterocycles. The molecule has 2 heterocycles. The third-order valence-electron chi connectivity index (χ3n) is 4.01. The normalized spacial score (nSPS) is 29.2. The van der Waals surface area contributed by atoms with Gasteiger partial charge in [-0.05, 0) is 59.3 Å². The van der Waals surface area contributed by atoms with Gasteiger partial charge in [0.15, 0.2) is 0 Å². The van der Waals surface area contributed by atoms with Crippen LogP contribution in [0.5, 0.6) is 0 Å². The van der Waals surface area contributed by atoms with Gasteiger partial charge >= 0.3 is 12.1 Å². The van der Waals surface area contributed by atoms with Crippen molar-refractivity contribution in [3.63, 3.8) is 0 Å². The number of carbonyl (C=O) groups is 2. The Morgan fingerprint density at radius 2 is 1.75 bits per heavy atom. The molecule has 1 aliphatic carbocycles. The molecule has 0 radical (unpaired) electrons. The molecule has 5 heteroatoms. The molecule has 0 aromatic heterocycles. The SMILES string of the molecule is CCOC(=O)[C@H]1[C@H]2CC[C@@H](CC2)N1C(=O)OC(C)(C)C. The fraction of sp³-hybridized carbons (Fsp3) is 0.867. The minimum absolute atomic E-state index is 0.115. The number of nitrogens with zero attached hydrogens (tertiary/aromatic N) is 1. The molecular formula is C15H25NO4. The van der Waals surface area contributed by atoms with Gasteiger partial charge in [0.1, 0.15) is 11.6 Å². The highest BCUT2D eigenvalue weighted by Gasteiger charge is 2.49. The van der Waals surface area contributed by atoms with Gasteiger partial charge < -0.3 is 9.47 Å². The van der Waals surface area contributed by atoms with Crippen LogP contribution in [0.15, 0.2) is 0 Å². The van der Waals surface area contributed by atoms with Crippen LogP contribution in [0.1, 0.15) is 53.4 Å². The zero-order valence-electron chi connectivity index (χ0n) is 12.8. The third kappa shape index (κ3) is 3.07. The topological polar surface area (TPSA) is 55.8 Å². The number of hydrogen-bond donors (Lipinski definition) is 0. The van der Waals surface area contributed by atoms with Gasteiger partial charge in [-0.25, -0.2) is 9.59 Å². The van der Waals surface area contributed by atoms with E-state index >= 15 is 0 Å². The van der Waals surface area contributed by atoms with Crippen LogP contribution in [0.3, 0.4) is 0 Å². The fourth-order valence-electron chi connectivity index (χ4n) is 3.26. The number of carbonyl (C=O) groups excluding carboxylic acids is 2. The van der Waals surface area contributed by atoms with Crippen LogP contribution in [0, 0.1) is 5.92 Å². The molecule has 3 fully saturated rings. The van der Waals surface area contributed by atoms with Crippen LogP contribution in [0.25, 0.3) is 0 Å². The molecule has 2 saturated heterocycles. The van der Waals surface area contributed by atoms with E-state index in [-0.39, 0.29) is 24.0 Å². The van der Waals surface area contributed by atoms with Gasteiger partial charge in [-0.1, -0.05) is 0 Å². The number of fused-ring (bicyclic) bond motifs is 3. The molecule has 0 unspecified atom stereocenters. The van der Waals surface area contributed by atoms with Gasteiger partial charge in [-0.15, -0.1) is 0 Å². The lowest BCUT2D eigenvalue weighted by molar-refractivity contribution is -0.158. The minimum Gasteiger partial charge on any atom is -0.464 e. The van der Waals surface area contributed by atoms with Crippen molar-refractivity contribution in [3.8, 4) is 0 Å². The first-order valence-corrected chi connectivity index (χ1v) is 7.51. The predicted molar refractivity (Wildman–Crippen MR) is 74.2 cm³/mol. The number of hydrogen-bond acceptors (Lipinski definition) is 4. The summed E-state index contributed by atoms with van der Waals surface area (Å²) in [5.74, 6) is -0.0701. The van der Waals surface area contributed by atoms with Crippen LogP contribution >= 0.6 is 0 Å². The van der Waals surface area contributed by atoms with Crippen LogP contribution in [-0.4, -0.2) is 41.3 Å². The molecule has 1 amide bonds. The molecule has 2 bridgehead atoms. The standard InChI is InChI=1S/C15H25NO4/c1-5-19-13(17)12-10-6-8-11(9-7-10)16(12)14(18)20-15(2,3)4/h10-12H,5-9H2,1-4H3/t10-,11-,12-/m1/s1. The largest absolute Gasteiger partial charge is 0.464 e. The van der Waals surface area contributed by atoms with Crippen molar-refractivity contribution in [1.82, 2.24) is 4.90 Å². The van der Waals surface area contributed by atoms with E-state index in [0.717, 1.165) is 25.7 Å². The van der Waals surface area contributed by atoms with Gasteiger partial charge in [0.25, 0.3) is 0 Å². The summed E-state index contributed by atoms with van der Waals surface area (Å²) in [6.07, 6.45) is 3.52. The van der Waals surface area contributed by atoms with E-state index in [1.54, 1.807) is 11.8 Å². The Kier molecular flexibility index (Phi) is 4.25. The first kappa shape index (κ1) is 15.1. The summed E-state index contributed by atoms with van der Waals surface area (Å²) < 4.78 is 10.6. The smallest absolute Gasteiger partial charge is 0.411 e. The van der Waals surface area contributed by atoms with Crippen LogP contribution < -0.4 is 0 Å². The Morgan fingerprint density at radius 1 is 1.15 bits per heavy atom. The van der Waals surface area contributed by atoms with Crippen molar-refractivity contribution < 1.29 is 19.1 Å². The van der Waals surface area contributed by atoms with Gasteiger partial charge in [-0.2, -0.15) is 0 Å². The summed E-state index contributed by atoms with van der Waals surface area (Å²) in [5, 5.41) is 0. The number of amides is 1. The summed E-state index contributed by atoms with van der Waals surface area (Å²) in [6, 6.07) is -0.346. The number of ether oxygens (including phenoxy) is 2. The van der Waals surface area contributed by atoms with Crippen molar-refractivity contribution in [2.75, 3.05) is 6.61 Å². The zero-order chi connectivity index (χ0) is 14.9. The predicted octanol–water partition coefficient (Wildman–Crippen LogP) is 2.73. The highest BCUT2D eigenvalue weighted by Crippen LogP contribution is 2.40. The zero-order valence-corrected chi connectivity index (χ0v) is 12.8. The Hall–Kier alpha value is -1.26. The number of rotatable bonds is 2. The lowest BCUT2D eigenvalue weighted by atomic mass is 9.75. The minimum atomic E-state index is -0.549. The summed E-state index contributed by atoms with van der Waals surface area (Å²) in [5.41, 5.74) is -0.549. The first-order valence-electron chi connectivity index (χ1n) is 7.51. The van der Waals surface area contributed by atoms with E-state index in [4.69, 9.17) is 9.47 Å². The summed E-state index contributed by atoms with van der Waals surface area (Å²) in [4.78, 5) is 26.3. The number of esters is 1. The van der Waals surface area contributed by atoms with Crippen LogP contribution in [-0.2, 0) is 14.3 Å². The molecular weight excluding hydrogens is 258 g/mol. The molecule has 1 saturated carbocycles. The molecule has 5 nitrogen and oxygen atoms in total. The molecule has 1 atom stereocenters. The van der Waals surface area contributed by atoms with Gasteiger partial charge in [0.2, 0.25) is 0 Å². The van der Waals surface area contributed by atoms with E-state index in [2.05, 4.69) is 0 Å². The second-order valence-corrected chi connectivity index (χ2v) is 6.65. The molecule has 0 aromatic rings. The Morgan fingerprint density at radius 3 is 2.25 bits per heavy atom. The number of piperidine rings is 2. The Balaban J connectivity index is 2.18. The average molecular weight is 283 g/mol. The summed E-state index contributed by atoms with van der Waals surface area (Å²) in [7, 11) is 0. The highest BCUT2D eigenvalue weighted by atomic mass is 16.6. The van der Waals surface area contributed by atoms with E-state index < -0.39 is 11.6 Å². The van der Waals surface area contributed by atoms with E-state index in [9.17, 15) is 9.59 Å². The maximum Gasteiger partial charge on any atom is 0.411 e. The third-order valence-corrected chi connectivity index (χ3v) is 4.01. The van der Waals surface area contributed by atoms with Gasteiger partial charge in [0, 0.05) is 6.04 Å². The van der Waals surface area contributed by atoms with Crippen molar-refractivity contribution in [2.45, 2.75) is 71.1 Å². The monoisotopic (exact) mass is 283 g/mol. The van der Waals surface area contributed by atoms with E-state index in [1.165, 1.54) is 0 Å². The fourth-order valence-corrected chi connectivity index (χ4v) is 3.26. The second kappa shape index (κ2) is 5.62. The van der Waals surface area contributed by atoms with Gasteiger partial charge in [-0.3, -0.25) is 4.90 Å². The van der Waals surface area contributed by atoms with Gasteiger partial charge in [0.05, 0.1) is 6.61 Å². The summed E-state index contributed by atoms with van der Waals surface area (Å²) in [6.45, 7) is 7.65. The van der Waals surface area contributed by atoms with E-state index in [0.29, 0.717) is 6.61 Å². The average Bonchev–Trinajstić information content (AvgIpc) is 2.37. The van der Waals surface area contributed by atoms with Crippen LogP contribution in [0.4, 0.5) is 4.79 Å². The molecule has 3 rings (SSSR count). The summed E-state index contributed by atoms with van der Waals surface area (Å²) >= 11 is 0. The maximum atomic E-state index is 12.4. The van der Waals surface area contributed by atoms with Crippen molar-refractivity contribution in [1.29, 1.82) is 0 Å². The highest BCUT2D eigenvalue weighted by molar-refractivity contribution is 5.82. The van der Waals surface area contributed by atoms with Crippen molar-refractivity contribution in [3.05, 3.63) is 0 Å². The van der Waals surface area contributed by atoms with E-state index in [1.807, 2.05) is 20.8 Å². The van der Waals surface area contributed by atoms with Crippen LogP contribution in [0.2, 0.25) is 0 Å². The second-order valence-electron chi connectivity index (χ2n) is 6.65. The maximum absolute atomic E-state index is 12.4. The van der Waals surface area contributed by atoms with Crippen molar-refractivity contribution in [2.24, 2.45) is 5.92 Å². The molecule has 0 N–H and O–H groups in total.